The van der Waals surface area contributed by atoms with Gasteiger partial charge in [-0.3, -0.25) is 4.79 Å². The van der Waals surface area contributed by atoms with Crippen LogP contribution in [-0.4, -0.2) is 25.5 Å². The number of ether oxygens (including phenoxy) is 3. The van der Waals surface area contributed by atoms with Gasteiger partial charge in [-0.2, -0.15) is 0 Å². The molecule has 1 aromatic rings. The molecule has 4 nitrogen and oxygen atoms in total. The average Bonchev–Trinajstić information content (AvgIpc) is 2.56. The van der Waals surface area contributed by atoms with Gasteiger partial charge in [0.25, 0.3) is 0 Å². The lowest BCUT2D eigenvalue weighted by Crippen LogP contribution is -2.24. The van der Waals surface area contributed by atoms with Crippen molar-refractivity contribution in [2.24, 2.45) is 0 Å². The van der Waals surface area contributed by atoms with E-state index in [1.165, 1.54) is 0 Å². The SMILES string of the molecule is CCOC(=O)CC(/C=C/I)c1ccc(OC2CCCCO2)cc1. The molecule has 0 aromatic heterocycles. The summed E-state index contributed by atoms with van der Waals surface area (Å²) in [6.45, 7) is 3.00. The van der Waals surface area contributed by atoms with Gasteiger partial charge < -0.3 is 14.2 Å². The highest BCUT2D eigenvalue weighted by atomic mass is 127. The fourth-order valence-corrected chi connectivity index (χ4v) is 3.03. The Bertz CT molecular complexity index is 506. The van der Waals surface area contributed by atoms with Crippen molar-refractivity contribution in [2.75, 3.05) is 13.2 Å². The summed E-state index contributed by atoms with van der Waals surface area (Å²) in [7, 11) is 0. The standard InChI is InChI=1S/C18H23IO4/c1-2-21-17(20)13-15(10-11-19)14-6-8-16(9-7-14)23-18-5-3-4-12-22-18/h6-11,15,18H,2-5,12-13H2,1H3/b11-10+. The second-order valence-electron chi connectivity index (χ2n) is 5.42. The Hall–Kier alpha value is -1.08. The predicted molar refractivity (Wildman–Crippen MR) is 97.8 cm³/mol. The number of carbonyl (C=O) groups is 1. The van der Waals surface area contributed by atoms with Gasteiger partial charge >= 0.3 is 5.97 Å². The van der Waals surface area contributed by atoms with E-state index in [-0.39, 0.29) is 18.2 Å². The Morgan fingerprint density at radius 2 is 2.17 bits per heavy atom. The number of allylic oxidation sites excluding steroid dienone is 1. The van der Waals surface area contributed by atoms with Crippen molar-refractivity contribution in [3.8, 4) is 5.75 Å². The minimum absolute atomic E-state index is 0.0194. The Balaban J connectivity index is 1.98. The molecule has 1 aliphatic heterocycles. The highest BCUT2D eigenvalue weighted by Crippen LogP contribution is 2.26. The Kier molecular flexibility index (Phi) is 7.88. The van der Waals surface area contributed by atoms with Crippen LogP contribution < -0.4 is 4.74 Å². The number of halogens is 1. The highest BCUT2D eigenvalue weighted by Gasteiger charge is 2.17. The topological polar surface area (TPSA) is 44.8 Å². The zero-order valence-corrected chi connectivity index (χ0v) is 15.5. The fourth-order valence-electron chi connectivity index (χ4n) is 2.53. The summed E-state index contributed by atoms with van der Waals surface area (Å²) in [5, 5.41) is 0. The molecule has 0 spiro atoms. The van der Waals surface area contributed by atoms with E-state index < -0.39 is 0 Å². The first kappa shape index (κ1) is 18.3. The number of rotatable bonds is 7. The van der Waals surface area contributed by atoms with Gasteiger partial charge in [-0.05, 0) is 41.5 Å². The molecule has 1 saturated heterocycles. The summed E-state index contributed by atoms with van der Waals surface area (Å²) in [4.78, 5) is 11.7. The summed E-state index contributed by atoms with van der Waals surface area (Å²) < 4.78 is 18.4. The molecule has 0 amide bonds. The van der Waals surface area contributed by atoms with Gasteiger partial charge in [0.2, 0.25) is 0 Å². The van der Waals surface area contributed by atoms with E-state index in [9.17, 15) is 4.79 Å². The van der Waals surface area contributed by atoms with E-state index in [1.807, 2.05) is 41.3 Å². The first-order chi connectivity index (χ1) is 11.2. The molecule has 0 saturated carbocycles. The average molecular weight is 430 g/mol. The van der Waals surface area contributed by atoms with Crippen LogP contribution in [0.25, 0.3) is 0 Å². The first-order valence-electron chi connectivity index (χ1n) is 8.03. The number of hydrogen-bond acceptors (Lipinski definition) is 4. The van der Waals surface area contributed by atoms with E-state index in [0.717, 1.165) is 37.2 Å². The van der Waals surface area contributed by atoms with Crippen LogP contribution >= 0.6 is 22.6 Å². The van der Waals surface area contributed by atoms with Gasteiger partial charge in [-0.15, -0.1) is 0 Å². The van der Waals surface area contributed by atoms with Gasteiger partial charge in [0, 0.05) is 12.3 Å². The monoisotopic (exact) mass is 430 g/mol. The molecule has 2 unspecified atom stereocenters. The summed E-state index contributed by atoms with van der Waals surface area (Å²) in [5.74, 6) is 0.642. The molecule has 0 N–H and O–H groups in total. The molecule has 126 valence electrons. The minimum atomic E-state index is -0.178. The van der Waals surface area contributed by atoms with Crippen molar-refractivity contribution in [1.29, 1.82) is 0 Å². The maximum Gasteiger partial charge on any atom is 0.306 e. The summed E-state index contributed by atoms with van der Waals surface area (Å²) in [5.41, 5.74) is 1.07. The molecule has 0 bridgehead atoms. The van der Waals surface area contributed by atoms with Crippen LogP contribution in [0.3, 0.4) is 0 Å². The van der Waals surface area contributed by atoms with Crippen LogP contribution in [-0.2, 0) is 14.3 Å². The quantitative estimate of drug-likeness (QED) is 0.470. The Morgan fingerprint density at radius 1 is 1.39 bits per heavy atom. The van der Waals surface area contributed by atoms with E-state index in [4.69, 9.17) is 14.2 Å². The molecule has 1 heterocycles. The number of carbonyl (C=O) groups excluding carboxylic acids is 1. The molecule has 0 aliphatic carbocycles. The summed E-state index contributed by atoms with van der Waals surface area (Å²) >= 11 is 2.17. The Morgan fingerprint density at radius 3 is 2.78 bits per heavy atom. The smallest absolute Gasteiger partial charge is 0.306 e. The van der Waals surface area contributed by atoms with Crippen molar-refractivity contribution in [1.82, 2.24) is 0 Å². The van der Waals surface area contributed by atoms with Crippen LogP contribution in [0.4, 0.5) is 0 Å². The van der Waals surface area contributed by atoms with Crippen molar-refractivity contribution in [2.45, 2.75) is 44.8 Å². The maximum atomic E-state index is 11.7. The number of hydrogen-bond donors (Lipinski definition) is 0. The zero-order valence-electron chi connectivity index (χ0n) is 13.4. The highest BCUT2D eigenvalue weighted by molar-refractivity contribution is 14.1. The van der Waals surface area contributed by atoms with Crippen LogP contribution in [0.2, 0.25) is 0 Å². The second kappa shape index (κ2) is 9.93. The summed E-state index contributed by atoms with van der Waals surface area (Å²) in [6, 6.07) is 7.87. The third-order valence-corrected chi connectivity index (χ3v) is 4.13. The third-order valence-electron chi connectivity index (χ3n) is 3.71. The van der Waals surface area contributed by atoms with Gasteiger partial charge in [-0.1, -0.05) is 40.8 Å². The predicted octanol–water partition coefficient (Wildman–Crippen LogP) is 4.58. The van der Waals surface area contributed by atoms with Gasteiger partial charge in [0.15, 0.2) is 6.29 Å². The molecule has 2 rings (SSSR count). The zero-order chi connectivity index (χ0) is 16.5. The van der Waals surface area contributed by atoms with Crippen LogP contribution in [0, 0.1) is 0 Å². The maximum absolute atomic E-state index is 11.7. The van der Waals surface area contributed by atoms with Crippen LogP contribution in [0.15, 0.2) is 34.4 Å². The number of benzene rings is 1. The molecule has 23 heavy (non-hydrogen) atoms. The van der Waals surface area contributed by atoms with Gasteiger partial charge in [-0.25, -0.2) is 0 Å². The largest absolute Gasteiger partial charge is 0.466 e. The molecule has 0 radical (unpaired) electrons. The second-order valence-corrected chi connectivity index (χ2v) is 6.14. The van der Waals surface area contributed by atoms with E-state index in [1.54, 1.807) is 0 Å². The van der Waals surface area contributed by atoms with E-state index in [0.29, 0.717) is 13.0 Å². The van der Waals surface area contributed by atoms with Gasteiger partial charge in [0.1, 0.15) is 5.75 Å². The lowest BCUT2D eigenvalue weighted by atomic mass is 9.96. The van der Waals surface area contributed by atoms with Crippen molar-refractivity contribution < 1.29 is 19.0 Å². The number of esters is 1. The molecule has 1 fully saturated rings. The molecular formula is C18H23IO4. The molecule has 1 aliphatic rings. The lowest BCUT2D eigenvalue weighted by Gasteiger charge is -2.23. The van der Waals surface area contributed by atoms with Crippen molar-refractivity contribution in [3.63, 3.8) is 0 Å². The van der Waals surface area contributed by atoms with Crippen LogP contribution in [0.5, 0.6) is 5.75 Å². The van der Waals surface area contributed by atoms with Crippen molar-refractivity contribution in [3.05, 3.63) is 40.0 Å². The van der Waals surface area contributed by atoms with Gasteiger partial charge in [0.05, 0.1) is 19.6 Å². The molecule has 5 heteroatoms. The fraction of sp³-hybridized carbons (Fsp3) is 0.500. The normalized spacial score (nSPS) is 19.5. The van der Waals surface area contributed by atoms with E-state index in [2.05, 4.69) is 22.6 Å². The Labute approximate surface area is 151 Å². The summed E-state index contributed by atoms with van der Waals surface area (Å²) in [6.07, 6.45) is 5.41. The third kappa shape index (κ3) is 6.14. The van der Waals surface area contributed by atoms with E-state index >= 15 is 0 Å². The molecule has 1 aromatic carbocycles. The van der Waals surface area contributed by atoms with Crippen LogP contribution in [0.1, 0.15) is 44.1 Å². The van der Waals surface area contributed by atoms with Crippen molar-refractivity contribution >= 4 is 28.6 Å². The molecule has 2 atom stereocenters. The minimum Gasteiger partial charge on any atom is -0.466 e. The lowest BCUT2D eigenvalue weighted by molar-refractivity contribution is -0.143. The molecular weight excluding hydrogens is 407 g/mol. The first-order valence-corrected chi connectivity index (χ1v) is 9.28.